The Bertz CT molecular complexity index is 789. The monoisotopic (exact) mass is 467 g/mol. The van der Waals surface area contributed by atoms with Crippen molar-refractivity contribution in [1.29, 1.82) is 0 Å². The highest BCUT2D eigenvalue weighted by Crippen LogP contribution is 2.46. The van der Waals surface area contributed by atoms with E-state index in [1.807, 2.05) is 30.3 Å². The van der Waals surface area contributed by atoms with E-state index in [1.54, 1.807) is 21.0 Å². The van der Waals surface area contributed by atoms with Crippen molar-refractivity contribution >= 4 is 0 Å². The Morgan fingerprint density at radius 2 is 1.67 bits per heavy atom. The molecule has 2 aliphatic heterocycles. The van der Waals surface area contributed by atoms with Gasteiger partial charge in [-0.2, -0.15) is 0 Å². The number of benzene rings is 1. The van der Waals surface area contributed by atoms with E-state index in [1.165, 1.54) is 0 Å². The first-order valence-corrected chi connectivity index (χ1v) is 11.6. The van der Waals surface area contributed by atoms with Crippen molar-refractivity contribution in [3.05, 3.63) is 35.9 Å². The fraction of sp³-hybridized carbons (Fsp3) is 0.739. The second-order valence-electron chi connectivity index (χ2n) is 9.42. The molecule has 3 fully saturated rings. The Morgan fingerprint density at radius 1 is 0.970 bits per heavy atom. The molecule has 0 spiro atoms. The zero-order valence-electron chi connectivity index (χ0n) is 19.3. The van der Waals surface area contributed by atoms with Gasteiger partial charge in [0.1, 0.15) is 23.9 Å². The first-order valence-electron chi connectivity index (χ1n) is 11.6. The molecule has 1 aromatic carbocycles. The summed E-state index contributed by atoms with van der Waals surface area (Å²) in [5, 5.41) is 54.0. The zero-order valence-corrected chi connectivity index (χ0v) is 19.3. The molecule has 1 aromatic rings. The summed E-state index contributed by atoms with van der Waals surface area (Å²) in [7, 11) is 3.30. The normalized spacial score (nSPS) is 45.3. The molecule has 33 heavy (non-hydrogen) atoms. The lowest BCUT2D eigenvalue weighted by molar-refractivity contribution is -0.482. The van der Waals surface area contributed by atoms with Crippen molar-refractivity contribution in [3.63, 3.8) is 0 Å². The fourth-order valence-electron chi connectivity index (χ4n) is 5.40. The SMILES string of the molecule is CN[C@@H]1[C@H](O)[C@H](NC)[C@H]2O[C@]3(O)[C@H](O[C@@H]2[C@H]1O)O[C@H](C)C[C@]3(O)CNCCc1ccccc1. The number of hydrogen-bond acceptors (Lipinski definition) is 10. The Labute approximate surface area is 194 Å². The zero-order chi connectivity index (χ0) is 23.8. The highest BCUT2D eigenvalue weighted by atomic mass is 16.8. The standard InChI is InChI=1S/C23H37N3O7/c1-13-11-22(29,12-26-10-9-14-7-5-4-6-8-14)23(30)21(31-13)32-20-18(28)15(24-2)17(27)16(25-3)19(20)33-23/h4-8,13,15-21,24-30H,9-12H2,1-3H3/t13-,15-,16+,17+,18+,19-,20-,21+,22+,23-/m1/s1. The molecule has 0 amide bonds. The van der Waals surface area contributed by atoms with Crippen LogP contribution in [0.15, 0.2) is 30.3 Å². The fourth-order valence-corrected chi connectivity index (χ4v) is 5.40. The molecule has 7 N–H and O–H groups in total. The van der Waals surface area contributed by atoms with E-state index in [2.05, 4.69) is 16.0 Å². The average Bonchev–Trinajstić information content (AvgIpc) is 2.78. The summed E-state index contributed by atoms with van der Waals surface area (Å²) in [4.78, 5) is 0. The number of rotatable bonds is 7. The molecule has 1 aliphatic carbocycles. The third-order valence-corrected chi connectivity index (χ3v) is 7.20. The van der Waals surface area contributed by atoms with Crippen LogP contribution in [-0.4, -0.2) is 108 Å². The number of nitrogens with one attached hydrogen (secondary N) is 3. The number of fused-ring (bicyclic) bond motifs is 2. The quantitative estimate of drug-likeness (QED) is 0.226. The molecule has 0 bridgehead atoms. The van der Waals surface area contributed by atoms with Gasteiger partial charge in [-0.05, 0) is 39.5 Å². The van der Waals surface area contributed by atoms with E-state index in [0.29, 0.717) is 6.54 Å². The van der Waals surface area contributed by atoms with Crippen LogP contribution in [-0.2, 0) is 20.6 Å². The van der Waals surface area contributed by atoms with Crippen LogP contribution < -0.4 is 16.0 Å². The first kappa shape index (κ1) is 24.9. The summed E-state index contributed by atoms with van der Waals surface area (Å²) < 4.78 is 18.0. The molecule has 0 unspecified atom stereocenters. The molecule has 3 aliphatic rings. The Balaban J connectivity index is 1.52. The van der Waals surface area contributed by atoms with Crippen LogP contribution in [0.2, 0.25) is 0 Å². The molecular formula is C23H37N3O7. The highest BCUT2D eigenvalue weighted by molar-refractivity contribution is 5.15. The molecule has 2 saturated heterocycles. The van der Waals surface area contributed by atoms with Gasteiger partial charge in [-0.25, -0.2) is 0 Å². The summed E-state index contributed by atoms with van der Waals surface area (Å²) >= 11 is 0. The molecule has 0 radical (unpaired) electrons. The summed E-state index contributed by atoms with van der Waals surface area (Å²) in [5.74, 6) is -2.19. The van der Waals surface area contributed by atoms with Crippen LogP contribution in [0.3, 0.4) is 0 Å². The molecule has 0 aromatic heterocycles. The van der Waals surface area contributed by atoms with Gasteiger partial charge in [0.05, 0.1) is 24.3 Å². The Hall–Kier alpha value is -1.18. The van der Waals surface area contributed by atoms with Gasteiger partial charge in [0, 0.05) is 13.0 Å². The van der Waals surface area contributed by atoms with Gasteiger partial charge in [-0.15, -0.1) is 0 Å². The van der Waals surface area contributed by atoms with Gasteiger partial charge < -0.3 is 50.6 Å². The average molecular weight is 468 g/mol. The van der Waals surface area contributed by atoms with Gasteiger partial charge >= 0.3 is 0 Å². The highest BCUT2D eigenvalue weighted by Gasteiger charge is 2.68. The van der Waals surface area contributed by atoms with Crippen LogP contribution >= 0.6 is 0 Å². The topological polar surface area (TPSA) is 145 Å². The maximum atomic E-state index is 11.6. The Morgan fingerprint density at radius 3 is 2.33 bits per heavy atom. The van der Waals surface area contributed by atoms with Gasteiger partial charge in [0.2, 0.25) is 12.1 Å². The second-order valence-corrected chi connectivity index (χ2v) is 9.42. The van der Waals surface area contributed by atoms with Gasteiger partial charge in [-0.3, -0.25) is 0 Å². The minimum Gasteiger partial charge on any atom is -0.390 e. The Kier molecular flexibility index (Phi) is 7.42. The third-order valence-electron chi connectivity index (χ3n) is 7.20. The van der Waals surface area contributed by atoms with E-state index in [4.69, 9.17) is 14.2 Å². The number of hydrogen-bond donors (Lipinski definition) is 7. The van der Waals surface area contributed by atoms with E-state index < -0.39 is 60.3 Å². The lowest BCUT2D eigenvalue weighted by atomic mass is 9.77. The van der Waals surface area contributed by atoms with Crippen molar-refractivity contribution in [2.24, 2.45) is 0 Å². The molecule has 10 heteroatoms. The molecule has 10 atom stereocenters. The van der Waals surface area contributed by atoms with Crippen LogP contribution in [0.1, 0.15) is 18.9 Å². The van der Waals surface area contributed by atoms with Crippen LogP contribution in [0.25, 0.3) is 0 Å². The van der Waals surface area contributed by atoms with E-state index in [9.17, 15) is 20.4 Å². The first-order chi connectivity index (χ1) is 15.7. The van der Waals surface area contributed by atoms with Crippen molar-refractivity contribution in [1.82, 2.24) is 16.0 Å². The molecule has 10 nitrogen and oxygen atoms in total. The maximum absolute atomic E-state index is 11.6. The number of aliphatic hydroxyl groups is 4. The summed E-state index contributed by atoms with van der Waals surface area (Å²) in [6.45, 7) is 2.43. The van der Waals surface area contributed by atoms with Crippen molar-refractivity contribution < 1.29 is 34.6 Å². The van der Waals surface area contributed by atoms with Crippen LogP contribution in [0, 0.1) is 0 Å². The summed E-state index contributed by atoms with van der Waals surface area (Å²) in [5.41, 5.74) is -0.555. The smallest absolute Gasteiger partial charge is 0.249 e. The van der Waals surface area contributed by atoms with Gasteiger partial charge in [0.15, 0.2) is 0 Å². The van der Waals surface area contributed by atoms with E-state index >= 15 is 0 Å². The van der Waals surface area contributed by atoms with Crippen molar-refractivity contribution in [2.75, 3.05) is 27.2 Å². The van der Waals surface area contributed by atoms with Gasteiger partial charge in [-0.1, -0.05) is 30.3 Å². The second kappa shape index (κ2) is 9.82. The van der Waals surface area contributed by atoms with Crippen LogP contribution in [0.4, 0.5) is 0 Å². The minimum atomic E-state index is -2.19. The summed E-state index contributed by atoms with van der Waals surface area (Å²) in [6, 6.07) is 8.65. The molecule has 4 rings (SSSR count). The lowest BCUT2D eigenvalue weighted by Crippen LogP contribution is -2.81. The van der Waals surface area contributed by atoms with E-state index in [-0.39, 0.29) is 13.0 Å². The molecular weight excluding hydrogens is 430 g/mol. The number of aliphatic hydroxyl groups excluding tert-OH is 2. The lowest BCUT2D eigenvalue weighted by Gasteiger charge is -2.60. The minimum absolute atomic E-state index is 0.0513. The molecule has 1 saturated carbocycles. The molecule has 2 heterocycles. The number of ether oxygens (including phenoxy) is 3. The number of likely N-dealkylation sites (N-methyl/N-ethyl adjacent to an activating group) is 2. The van der Waals surface area contributed by atoms with Crippen molar-refractivity contribution in [2.45, 2.75) is 80.0 Å². The third kappa shape index (κ3) is 4.45. The van der Waals surface area contributed by atoms with Gasteiger partial charge in [0.25, 0.3) is 0 Å². The predicted molar refractivity (Wildman–Crippen MR) is 119 cm³/mol. The maximum Gasteiger partial charge on any atom is 0.249 e. The predicted octanol–water partition coefficient (Wildman–Crippen LogP) is -1.93. The largest absolute Gasteiger partial charge is 0.390 e. The van der Waals surface area contributed by atoms with Crippen LogP contribution in [0.5, 0.6) is 0 Å². The van der Waals surface area contributed by atoms with E-state index in [0.717, 1.165) is 12.0 Å². The van der Waals surface area contributed by atoms with Crippen molar-refractivity contribution in [3.8, 4) is 0 Å². The summed E-state index contributed by atoms with van der Waals surface area (Å²) in [6.07, 6.45) is -4.76. The molecule has 186 valence electrons.